The van der Waals surface area contributed by atoms with E-state index in [1.165, 1.54) is 0 Å². The number of aryl methyl sites for hydroxylation is 1. The molecular formula is C16H18F3N3O3. The van der Waals surface area contributed by atoms with Gasteiger partial charge in [-0.1, -0.05) is 0 Å². The van der Waals surface area contributed by atoms with Crippen molar-refractivity contribution in [2.45, 2.75) is 20.0 Å². The molecule has 9 heteroatoms. The van der Waals surface area contributed by atoms with E-state index in [0.29, 0.717) is 35.5 Å². The van der Waals surface area contributed by atoms with Gasteiger partial charge in [0.2, 0.25) is 0 Å². The summed E-state index contributed by atoms with van der Waals surface area (Å²) in [5, 5.41) is 6.14. The van der Waals surface area contributed by atoms with Crippen LogP contribution in [0.4, 0.5) is 18.9 Å². The third-order valence-corrected chi connectivity index (χ3v) is 3.21. The highest BCUT2D eigenvalue weighted by Gasteiger charge is 2.35. The molecule has 1 N–H and O–H groups in total. The van der Waals surface area contributed by atoms with E-state index < -0.39 is 17.8 Å². The summed E-state index contributed by atoms with van der Waals surface area (Å²) < 4.78 is 49.9. The number of rotatable bonds is 6. The van der Waals surface area contributed by atoms with Crippen LogP contribution in [0.3, 0.4) is 0 Å². The number of carbonyl (C=O) groups is 1. The minimum Gasteiger partial charge on any atom is -0.494 e. The van der Waals surface area contributed by atoms with Crippen LogP contribution in [0.25, 0.3) is 0 Å². The monoisotopic (exact) mass is 357 g/mol. The molecule has 0 saturated heterocycles. The molecule has 136 valence electrons. The van der Waals surface area contributed by atoms with Crippen LogP contribution in [0.2, 0.25) is 0 Å². The van der Waals surface area contributed by atoms with Crippen LogP contribution < -0.4 is 14.8 Å². The second-order valence-corrected chi connectivity index (χ2v) is 5.01. The zero-order valence-corrected chi connectivity index (χ0v) is 14.0. The smallest absolute Gasteiger partial charge is 0.433 e. The fraction of sp³-hybridized carbons (Fsp3) is 0.375. The van der Waals surface area contributed by atoms with Crippen LogP contribution in [0.15, 0.2) is 24.3 Å². The molecule has 0 atom stereocenters. The van der Waals surface area contributed by atoms with E-state index in [1.54, 1.807) is 32.0 Å². The molecular weight excluding hydrogens is 339 g/mol. The van der Waals surface area contributed by atoms with Crippen molar-refractivity contribution < 1.29 is 27.4 Å². The highest BCUT2D eigenvalue weighted by atomic mass is 19.4. The first-order valence-electron chi connectivity index (χ1n) is 7.58. The highest BCUT2D eigenvalue weighted by molar-refractivity contribution is 6.03. The first kappa shape index (κ1) is 18.6. The minimum atomic E-state index is -4.59. The largest absolute Gasteiger partial charge is 0.494 e. The number of carbonyl (C=O) groups excluding carboxylic acids is 1. The van der Waals surface area contributed by atoms with E-state index in [1.807, 2.05) is 0 Å². The third-order valence-electron chi connectivity index (χ3n) is 3.21. The molecule has 25 heavy (non-hydrogen) atoms. The molecule has 0 fully saturated rings. The van der Waals surface area contributed by atoms with Gasteiger partial charge in [0.15, 0.2) is 5.69 Å². The van der Waals surface area contributed by atoms with Crippen molar-refractivity contribution in [2.75, 3.05) is 18.5 Å². The molecule has 0 spiro atoms. The Kier molecular flexibility index (Phi) is 5.55. The number of benzene rings is 1. The van der Waals surface area contributed by atoms with Crippen LogP contribution in [0, 0.1) is 0 Å². The Labute approximate surface area is 142 Å². The molecule has 0 saturated carbocycles. The standard InChI is InChI=1S/C16H18F3N3O3/c1-4-24-10-6-7-13(25-5-2)11(8-10)20-15(23)12-9-14(16(17,18)19)22(3)21-12/h6-9H,4-5H2,1-3H3,(H,20,23). The Morgan fingerprint density at radius 2 is 1.88 bits per heavy atom. The summed E-state index contributed by atoms with van der Waals surface area (Å²) in [5.41, 5.74) is -1.07. The summed E-state index contributed by atoms with van der Waals surface area (Å²) in [6, 6.07) is 5.53. The molecule has 1 amide bonds. The topological polar surface area (TPSA) is 65.4 Å². The Morgan fingerprint density at radius 1 is 1.20 bits per heavy atom. The van der Waals surface area contributed by atoms with Crippen LogP contribution in [-0.2, 0) is 13.2 Å². The summed E-state index contributed by atoms with van der Waals surface area (Å²) in [6.45, 7) is 4.37. The Morgan fingerprint density at radius 3 is 2.44 bits per heavy atom. The lowest BCUT2D eigenvalue weighted by atomic mass is 10.2. The molecule has 0 bridgehead atoms. The Hall–Kier alpha value is -2.71. The lowest BCUT2D eigenvalue weighted by molar-refractivity contribution is -0.143. The summed E-state index contributed by atoms with van der Waals surface area (Å²) in [6.07, 6.45) is -4.59. The van der Waals surface area contributed by atoms with Crippen LogP contribution >= 0.6 is 0 Å². The molecule has 6 nitrogen and oxygen atoms in total. The van der Waals surface area contributed by atoms with Crippen LogP contribution in [0.5, 0.6) is 11.5 Å². The first-order valence-corrected chi connectivity index (χ1v) is 7.58. The quantitative estimate of drug-likeness (QED) is 0.860. The van der Waals surface area contributed by atoms with Gasteiger partial charge in [0, 0.05) is 19.2 Å². The summed E-state index contributed by atoms with van der Waals surface area (Å²) in [5.74, 6) is 0.102. The van der Waals surface area contributed by atoms with Gasteiger partial charge in [-0.15, -0.1) is 0 Å². The van der Waals surface area contributed by atoms with E-state index >= 15 is 0 Å². The molecule has 1 aromatic heterocycles. The average Bonchev–Trinajstić information content (AvgIpc) is 2.92. The van der Waals surface area contributed by atoms with Gasteiger partial charge in [-0.05, 0) is 26.0 Å². The molecule has 0 radical (unpaired) electrons. The minimum absolute atomic E-state index is 0.289. The van der Waals surface area contributed by atoms with Crippen molar-refractivity contribution in [3.05, 3.63) is 35.7 Å². The normalized spacial score (nSPS) is 11.3. The molecule has 1 heterocycles. The van der Waals surface area contributed by atoms with E-state index in [4.69, 9.17) is 9.47 Å². The Balaban J connectivity index is 2.29. The molecule has 2 rings (SSSR count). The first-order chi connectivity index (χ1) is 11.8. The van der Waals surface area contributed by atoms with Gasteiger partial charge in [-0.25, -0.2) is 0 Å². The number of anilines is 1. The van der Waals surface area contributed by atoms with Crippen molar-refractivity contribution in [3.63, 3.8) is 0 Å². The van der Waals surface area contributed by atoms with Gasteiger partial charge in [0.05, 0.1) is 18.9 Å². The number of nitrogens with zero attached hydrogens (tertiary/aromatic N) is 2. The van der Waals surface area contributed by atoms with Crippen molar-refractivity contribution in [3.8, 4) is 11.5 Å². The molecule has 0 unspecified atom stereocenters. The fourth-order valence-electron chi connectivity index (χ4n) is 2.17. The number of hydrogen-bond acceptors (Lipinski definition) is 4. The number of hydrogen-bond donors (Lipinski definition) is 1. The van der Waals surface area contributed by atoms with Gasteiger partial charge in [0.25, 0.3) is 5.91 Å². The predicted molar refractivity (Wildman–Crippen MR) is 84.9 cm³/mol. The summed E-state index contributed by atoms with van der Waals surface area (Å²) in [4.78, 5) is 12.3. The SMILES string of the molecule is CCOc1ccc(OCC)c(NC(=O)c2cc(C(F)(F)F)n(C)n2)c1. The average molecular weight is 357 g/mol. The molecule has 0 aliphatic heterocycles. The van der Waals surface area contributed by atoms with E-state index in [9.17, 15) is 18.0 Å². The van der Waals surface area contributed by atoms with E-state index in [2.05, 4.69) is 10.4 Å². The summed E-state index contributed by atoms with van der Waals surface area (Å²) in [7, 11) is 1.13. The van der Waals surface area contributed by atoms with Gasteiger partial charge < -0.3 is 14.8 Å². The maximum atomic E-state index is 12.8. The maximum absolute atomic E-state index is 12.8. The zero-order chi connectivity index (χ0) is 18.6. The van der Waals surface area contributed by atoms with Crippen LogP contribution in [-0.4, -0.2) is 28.9 Å². The van der Waals surface area contributed by atoms with E-state index in [-0.39, 0.29) is 11.4 Å². The Bertz CT molecular complexity index is 757. The van der Waals surface area contributed by atoms with Crippen molar-refractivity contribution in [1.82, 2.24) is 9.78 Å². The second-order valence-electron chi connectivity index (χ2n) is 5.01. The molecule has 2 aromatic rings. The van der Waals surface area contributed by atoms with Crippen molar-refractivity contribution in [1.29, 1.82) is 0 Å². The fourth-order valence-corrected chi connectivity index (χ4v) is 2.17. The third kappa shape index (κ3) is 4.43. The number of nitrogens with one attached hydrogen (secondary N) is 1. The number of alkyl halides is 3. The number of amides is 1. The lowest BCUT2D eigenvalue weighted by Crippen LogP contribution is -2.14. The zero-order valence-electron chi connectivity index (χ0n) is 14.0. The second kappa shape index (κ2) is 7.45. The summed E-state index contributed by atoms with van der Waals surface area (Å²) >= 11 is 0. The number of aromatic nitrogens is 2. The lowest BCUT2D eigenvalue weighted by Gasteiger charge is -2.13. The number of ether oxygens (including phenoxy) is 2. The van der Waals surface area contributed by atoms with Gasteiger partial charge in [0.1, 0.15) is 17.2 Å². The molecule has 0 aliphatic carbocycles. The van der Waals surface area contributed by atoms with Crippen molar-refractivity contribution >= 4 is 11.6 Å². The van der Waals surface area contributed by atoms with E-state index in [0.717, 1.165) is 7.05 Å². The molecule has 0 aliphatic rings. The maximum Gasteiger partial charge on any atom is 0.433 e. The molecule has 1 aromatic carbocycles. The predicted octanol–water partition coefficient (Wildman–Crippen LogP) is 3.49. The van der Waals surface area contributed by atoms with Crippen LogP contribution in [0.1, 0.15) is 30.0 Å². The van der Waals surface area contributed by atoms with Gasteiger partial charge >= 0.3 is 6.18 Å². The number of halogens is 3. The van der Waals surface area contributed by atoms with Crippen molar-refractivity contribution in [2.24, 2.45) is 7.05 Å². The van der Waals surface area contributed by atoms with Gasteiger partial charge in [-0.3, -0.25) is 9.48 Å². The highest BCUT2D eigenvalue weighted by Crippen LogP contribution is 2.31. The van der Waals surface area contributed by atoms with Gasteiger partial charge in [-0.2, -0.15) is 18.3 Å².